The van der Waals surface area contributed by atoms with Gasteiger partial charge < -0.3 is 14.9 Å². The zero-order valence-corrected chi connectivity index (χ0v) is 14.5. The standard InChI is InChI=1S/C16H21N3O4S/c1-3-10(2)14(16(21)22)17-12(20)7-4-8-13-18-15(19-23-13)11-6-5-9-24-11/h5-6,9-10,14H,3-4,7-8H2,1-2H3,(H,17,20)(H,21,22)/t10-,14-/m0/s1. The second-order valence-corrected chi connectivity index (χ2v) is 6.56. The number of thiophene rings is 1. The third-order valence-electron chi connectivity index (χ3n) is 3.80. The fourth-order valence-electron chi connectivity index (χ4n) is 2.19. The van der Waals surface area contributed by atoms with E-state index in [1.54, 1.807) is 0 Å². The van der Waals surface area contributed by atoms with E-state index in [9.17, 15) is 14.7 Å². The lowest BCUT2D eigenvalue weighted by atomic mass is 9.99. The molecule has 2 aromatic rings. The maximum absolute atomic E-state index is 11.9. The molecular weight excluding hydrogens is 330 g/mol. The molecule has 0 saturated carbocycles. The van der Waals surface area contributed by atoms with Crippen molar-refractivity contribution in [2.45, 2.75) is 45.6 Å². The minimum absolute atomic E-state index is 0.115. The summed E-state index contributed by atoms with van der Waals surface area (Å²) in [5.74, 6) is -0.373. The number of aromatic nitrogens is 2. The van der Waals surface area contributed by atoms with Gasteiger partial charge in [0, 0.05) is 12.8 Å². The van der Waals surface area contributed by atoms with Crippen LogP contribution < -0.4 is 5.32 Å². The van der Waals surface area contributed by atoms with Crippen LogP contribution in [0, 0.1) is 5.92 Å². The average molecular weight is 351 g/mol. The minimum atomic E-state index is -1.00. The van der Waals surface area contributed by atoms with Gasteiger partial charge >= 0.3 is 5.97 Å². The van der Waals surface area contributed by atoms with Gasteiger partial charge in [-0.2, -0.15) is 4.98 Å². The van der Waals surface area contributed by atoms with E-state index in [2.05, 4.69) is 15.5 Å². The number of hydrogen-bond acceptors (Lipinski definition) is 6. The van der Waals surface area contributed by atoms with Crippen LogP contribution in [0.4, 0.5) is 0 Å². The quantitative estimate of drug-likeness (QED) is 0.719. The molecule has 2 aromatic heterocycles. The van der Waals surface area contributed by atoms with Crippen LogP contribution in [0.5, 0.6) is 0 Å². The van der Waals surface area contributed by atoms with Crippen molar-refractivity contribution in [2.24, 2.45) is 5.92 Å². The Balaban J connectivity index is 1.79. The molecule has 0 unspecified atom stereocenters. The zero-order chi connectivity index (χ0) is 17.5. The minimum Gasteiger partial charge on any atom is -0.480 e. The lowest BCUT2D eigenvalue weighted by Crippen LogP contribution is -2.44. The fraction of sp³-hybridized carbons (Fsp3) is 0.500. The Bertz CT molecular complexity index is 669. The molecule has 8 heteroatoms. The summed E-state index contributed by atoms with van der Waals surface area (Å²) in [5.41, 5.74) is 0. The second-order valence-electron chi connectivity index (χ2n) is 5.61. The van der Waals surface area contributed by atoms with Crippen LogP contribution in [0.3, 0.4) is 0 Å². The molecule has 0 aliphatic carbocycles. The number of aliphatic carboxylic acids is 1. The predicted molar refractivity (Wildman–Crippen MR) is 89.6 cm³/mol. The summed E-state index contributed by atoms with van der Waals surface area (Å²) < 4.78 is 5.16. The molecule has 2 rings (SSSR count). The molecule has 24 heavy (non-hydrogen) atoms. The molecule has 0 radical (unpaired) electrons. The average Bonchev–Trinajstić information content (AvgIpc) is 3.22. The van der Waals surface area contributed by atoms with Crippen LogP contribution in [0.15, 0.2) is 22.0 Å². The first-order chi connectivity index (χ1) is 11.5. The molecule has 0 aromatic carbocycles. The lowest BCUT2D eigenvalue weighted by Gasteiger charge is -2.19. The normalized spacial score (nSPS) is 13.4. The number of nitrogens with zero attached hydrogens (tertiary/aromatic N) is 2. The number of aryl methyl sites for hydroxylation is 1. The summed E-state index contributed by atoms with van der Waals surface area (Å²) >= 11 is 1.53. The Kier molecular flexibility index (Phi) is 6.48. The maximum Gasteiger partial charge on any atom is 0.326 e. The second kappa shape index (κ2) is 8.58. The Morgan fingerprint density at radius 3 is 2.88 bits per heavy atom. The molecule has 1 amide bonds. The van der Waals surface area contributed by atoms with E-state index in [1.807, 2.05) is 31.4 Å². The molecule has 130 valence electrons. The van der Waals surface area contributed by atoms with Gasteiger partial charge in [0.25, 0.3) is 0 Å². The highest BCUT2D eigenvalue weighted by Crippen LogP contribution is 2.21. The Morgan fingerprint density at radius 1 is 1.46 bits per heavy atom. The first-order valence-electron chi connectivity index (χ1n) is 7.90. The van der Waals surface area contributed by atoms with Gasteiger partial charge in [0.15, 0.2) is 0 Å². The summed E-state index contributed by atoms with van der Waals surface area (Å²) in [6, 6.07) is 2.97. The largest absolute Gasteiger partial charge is 0.480 e. The van der Waals surface area contributed by atoms with E-state index in [0.29, 0.717) is 31.0 Å². The zero-order valence-electron chi connectivity index (χ0n) is 13.7. The van der Waals surface area contributed by atoms with Crippen molar-refractivity contribution < 1.29 is 19.2 Å². The number of carbonyl (C=O) groups is 2. The number of carboxylic acids is 1. The third kappa shape index (κ3) is 4.89. The van der Waals surface area contributed by atoms with Crippen molar-refractivity contribution in [3.05, 3.63) is 23.4 Å². The monoisotopic (exact) mass is 351 g/mol. The topological polar surface area (TPSA) is 105 Å². The summed E-state index contributed by atoms with van der Waals surface area (Å²) in [7, 11) is 0. The van der Waals surface area contributed by atoms with Crippen LogP contribution in [-0.4, -0.2) is 33.2 Å². The third-order valence-corrected chi connectivity index (χ3v) is 4.67. The highest BCUT2D eigenvalue weighted by molar-refractivity contribution is 7.13. The van der Waals surface area contributed by atoms with Crippen molar-refractivity contribution in [1.82, 2.24) is 15.5 Å². The van der Waals surface area contributed by atoms with Gasteiger partial charge in [0.2, 0.25) is 17.6 Å². The highest BCUT2D eigenvalue weighted by Gasteiger charge is 2.25. The van der Waals surface area contributed by atoms with Crippen LogP contribution in [0.2, 0.25) is 0 Å². The molecule has 2 N–H and O–H groups in total. The van der Waals surface area contributed by atoms with Gasteiger partial charge in [0.05, 0.1) is 4.88 Å². The fourth-order valence-corrected chi connectivity index (χ4v) is 2.84. The molecule has 0 aliphatic rings. The number of carboxylic acid groups (broad SMARTS) is 1. The van der Waals surface area contributed by atoms with Crippen molar-refractivity contribution in [3.8, 4) is 10.7 Å². The molecular formula is C16H21N3O4S. The first kappa shape index (κ1) is 18.1. The predicted octanol–water partition coefficient (Wildman–Crippen LogP) is 2.74. The van der Waals surface area contributed by atoms with Crippen molar-refractivity contribution >= 4 is 23.2 Å². The van der Waals surface area contributed by atoms with E-state index in [-0.39, 0.29) is 18.2 Å². The smallest absolute Gasteiger partial charge is 0.326 e. The summed E-state index contributed by atoms with van der Waals surface area (Å²) in [6.45, 7) is 3.71. The van der Waals surface area contributed by atoms with Crippen LogP contribution in [0.25, 0.3) is 10.7 Å². The number of hydrogen-bond donors (Lipinski definition) is 2. The van der Waals surface area contributed by atoms with Gasteiger partial charge in [-0.3, -0.25) is 4.79 Å². The molecule has 2 heterocycles. The Morgan fingerprint density at radius 2 is 2.25 bits per heavy atom. The van der Waals surface area contributed by atoms with Crippen LogP contribution in [-0.2, 0) is 16.0 Å². The molecule has 7 nitrogen and oxygen atoms in total. The summed E-state index contributed by atoms with van der Waals surface area (Å²) in [6.07, 6.45) is 1.90. The van der Waals surface area contributed by atoms with Crippen LogP contribution >= 0.6 is 11.3 Å². The Hall–Kier alpha value is -2.22. The van der Waals surface area contributed by atoms with E-state index in [1.165, 1.54) is 11.3 Å². The number of carbonyl (C=O) groups excluding carboxylic acids is 1. The van der Waals surface area contributed by atoms with Crippen molar-refractivity contribution in [1.29, 1.82) is 0 Å². The van der Waals surface area contributed by atoms with E-state index < -0.39 is 12.0 Å². The van der Waals surface area contributed by atoms with E-state index in [4.69, 9.17) is 4.52 Å². The number of nitrogens with one attached hydrogen (secondary N) is 1. The summed E-state index contributed by atoms with van der Waals surface area (Å²) in [4.78, 5) is 28.3. The maximum atomic E-state index is 11.9. The lowest BCUT2D eigenvalue weighted by molar-refractivity contribution is -0.143. The first-order valence-corrected chi connectivity index (χ1v) is 8.77. The van der Waals surface area contributed by atoms with Crippen molar-refractivity contribution in [2.75, 3.05) is 0 Å². The van der Waals surface area contributed by atoms with Gasteiger partial charge in [-0.15, -0.1) is 11.3 Å². The van der Waals surface area contributed by atoms with Crippen molar-refractivity contribution in [3.63, 3.8) is 0 Å². The molecule has 2 atom stereocenters. The summed E-state index contributed by atoms with van der Waals surface area (Å²) in [5, 5.41) is 17.6. The molecule has 0 aliphatic heterocycles. The number of rotatable bonds is 9. The van der Waals surface area contributed by atoms with Crippen LogP contribution in [0.1, 0.15) is 39.0 Å². The SMILES string of the molecule is CC[C@H](C)[C@H](NC(=O)CCCc1nc(-c2cccs2)no1)C(=O)O. The molecule has 0 fully saturated rings. The van der Waals surface area contributed by atoms with E-state index >= 15 is 0 Å². The van der Waals surface area contributed by atoms with Gasteiger partial charge in [0.1, 0.15) is 6.04 Å². The molecule has 0 saturated heterocycles. The van der Waals surface area contributed by atoms with Gasteiger partial charge in [-0.25, -0.2) is 4.79 Å². The van der Waals surface area contributed by atoms with E-state index in [0.717, 1.165) is 4.88 Å². The Labute approximate surface area is 144 Å². The van der Waals surface area contributed by atoms with Gasteiger partial charge in [-0.1, -0.05) is 31.5 Å². The number of amides is 1. The molecule has 0 bridgehead atoms. The van der Waals surface area contributed by atoms with Gasteiger partial charge in [-0.05, 0) is 23.8 Å². The highest BCUT2D eigenvalue weighted by atomic mass is 32.1. The molecule has 0 spiro atoms.